The first-order valence-corrected chi connectivity index (χ1v) is 7.18. The molecule has 0 saturated heterocycles. The maximum Gasteiger partial charge on any atom is 0.153 e. The molecule has 0 atom stereocenters. The van der Waals surface area contributed by atoms with Crippen LogP contribution in [0.1, 0.15) is 18.1 Å². The molecule has 0 saturated carbocycles. The van der Waals surface area contributed by atoms with Gasteiger partial charge in [-0.25, -0.2) is 0 Å². The van der Waals surface area contributed by atoms with Crippen molar-refractivity contribution in [1.29, 1.82) is 10.5 Å². The number of benzene rings is 1. The molecule has 2 N–H and O–H groups in total. The summed E-state index contributed by atoms with van der Waals surface area (Å²) in [4.78, 5) is 6.15. The molecule has 108 valence electrons. The molecule has 2 aliphatic rings. The highest BCUT2D eigenvalue weighted by atomic mass is 15.3. The Morgan fingerprint density at radius 1 is 1.27 bits per heavy atom. The van der Waals surface area contributed by atoms with Crippen molar-refractivity contribution in [1.82, 2.24) is 4.90 Å². The Labute approximate surface area is 129 Å². The smallest absolute Gasteiger partial charge is 0.153 e. The first kappa shape index (κ1) is 13.9. The van der Waals surface area contributed by atoms with Crippen LogP contribution >= 0.6 is 0 Å². The highest BCUT2D eigenvalue weighted by Crippen LogP contribution is 2.36. The van der Waals surface area contributed by atoms with E-state index in [9.17, 15) is 10.5 Å². The van der Waals surface area contributed by atoms with Crippen molar-refractivity contribution in [2.45, 2.75) is 13.3 Å². The van der Waals surface area contributed by atoms with Crippen LogP contribution in [0.15, 0.2) is 46.2 Å². The second-order valence-corrected chi connectivity index (χ2v) is 5.10. The minimum atomic E-state index is 0.342. The molecule has 3 rings (SSSR count). The molecule has 0 bridgehead atoms. The maximum absolute atomic E-state index is 9.66. The van der Waals surface area contributed by atoms with Gasteiger partial charge in [-0.1, -0.05) is 31.2 Å². The summed E-state index contributed by atoms with van der Waals surface area (Å²) in [5.41, 5.74) is 9.93. The fourth-order valence-electron chi connectivity index (χ4n) is 2.96. The Morgan fingerprint density at radius 3 is 2.73 bits per heavy atom. The first-order chi connectivity index (χ1) is 10.7. The normalized spacial score (nSPS) is 17.0. The van der Waals surface area contributed by atoms with Gasteiger partial charge in [0.05, 0.1) is 17.8 Å². The first-order valence-electron chi connectivity index (χ1n) is 7.18. The summed E-state index contributed by atoms with van der Waals surface area (Å²) in [6, 6.07) is 12.2. The van der Waals surface area contributed by atoms with Crippen LogP contribution in [0.2, 0.25) is 0 Å². The molecule has 1 aromatic rings. The summed E-state index contributed by atoms with van der Waals surface area (Å²) in [5.74, 6) is 0.547. The van der Waals surface area contributed by atoms with Gasteiger partial charge in [-0.3, -0.25) is 4.99 Å². The summed E-state index contributed by atoms with van der Waals surface area (Å²) >= 11 is 0. The molecule has 0 radical (unpaired) electrons. The molecule has 0 aliphatic carbocycles. The van der Waals surface area contributed by atoms with E-state index in [0.717, 1.165) is 17.5 Å². The van der Waals surface area contributed by atoms with Gasteiger partial charge in [0.2, 0.25) is 0 Å². The SMILES string of the molecule is CCc1ccccc1C1=C(C#N)N2CCN=C2C(N)=C1C#N. The van der Waals surface area contributed by atoms with Crippen molar-refractivity contribution in [3.63, 3.8) is 0 Å². The van der Waals surface area contributed by atoms with E-state index < -0.39 is 0 Å². The Hall–Kier alpha value is -3.05. The Balaban J connectivity index is 2.34. The number of hydrogen-bond donors (Lipinski definition) is 1. The second-order valence-electron chi connectivity index (χ2n) is 5.10. The zero-order valence-electron chi connectivity index (χ0n) is 12.3. The highest BCUT2D eigenvalue weighted by Gasteiger charge is 2.34. The van der Waals surface area contributed by atoms with Gasteiger partial charge in [0.1, 0.15) is 17.8 Å². The number of hydrogen-bond acceptors (Lipinski definition) is 5. The molecule has 5 nitrogen and oxygen atoms in total. The number of nitrogens with zero attached hydrogens (tertiary/aromatic N) is 4. The minimum Gasteiger partial charge on any atom is -0.395 e. The third-order valence-corrected chi connectivity index (χ3v) is 3.99. The van der Waals surface area contributed by atoms with Gasteiger partial charge in [-0.05, 0) is 17.5 Å². The van der Waals surface area contributed by atoms with Gasteiger partial charge >= 0.3 is 0 Å². The monoisotopic (exact) mass is 289 g/mol. The molecule has 0 amide bonds. The Morgan fingerprint density at radius 2 is 2.05 bits per heavy atom. The molecule has 0 spiro atoms. The third-order valence-electron chi connectivity index (χ3n) is 3.99. The van der Waals surface area contributed by atoms with E-state index >= 15 is 0 Å². The third kappa shape index (κ3) is 1.88. The van der Waals surface area contributed by atoms with Crippen LogP contribution in [0.25, 0.3) is 5.57 Å². The zero-order valence-corrected chi connectivity index (χ0v) is 12.3. The van der Waals surface area contributed by atoms with Crippen LogP contribution < -0.4 is 5.73 Å². The number of amidine groups is 1. The number of nitriles is 2. The molecular weight excluding hydrogens is 274 g/mol. The van der Waals surface area contributed by atoms with Gasteiger partial charge in [0, 0.05) is 12.1 Å². The predicted molar refractivity (Wildman–Crippen MR) is 84.2 cm³/mol. The summed E-state index contributed by atoms with van der Waals surface area (Å²) in [6.07, 6.45) is 0.817. The molecule has 0 unspecified atom stereocenters. The lowest BCUT2D eigenvalue weighted by molar-refractivity contribution is 0.579. The number of rotatable bonds is 2. The fourth-order valence-corrected chi connectivity index (χ4v) is 2.96. The van der Waals surface area contributed by atoms with Crippen molar-refractivity contribution < 1.29 is 0 Å². The lowest BCUT2D eigenvalue weighted by Gasteiger charge is -2.28. The molecular formula is C17H15N5. The average molecular weight is 289 g/mol. The summed E-state index contributed by atoms with van der Waals surface area (Å²) in [5, 5.41) is 19.2. The average Bonchev–Trinajstić information content (AvgIpc) is 3.04. The lowest BCUT2D eigenvalue weighted by atomic mass is 9.88. The van der Waals surface area contributed by atoms with Crippen LogP contribution in [0, 0.1) is 22.7 Å². The second kappa shape index (κ2) is 5.38. The van der Waals surface area contributed by atoms with E-state index in [-0.39, 0.29) is 0 Å². The van der Waals surface area contributed by atoms with Crippen molar-refractivity contribution in [2.75, 3.05) is 13.1 Å². The van der Waals surface area contributed by atoms with Crippen molar-refractivity contribution in [3.05, 3.63) is 52.4 Å². The number of allylic oxidation sites excluding steroid dienone is 3. The van der Waals surface area contributed by atoms with Crippen LogP contribution in [-0.2, 0) is 6.42 Å². The van der Waals surface area contributed by atoms with E-state index in [4.69, 9.17) is 5.73 Å². The molecule has 22 heavy (non-hydrogen) atoms. The number of fused-ring (bicyclic) bond motifs is 1. The van der Waals surface area contributed by atoms with Crippen LogP contribution in [-0.4, -0.2) is 23.8 Å². The molecule has 1 aromatic carbocycles. The van der Waals surface area contributed by atoms with Gasteiger partial charge in [-0.2, -0.15) is 10.5 Å². The molecule has 2 aliphatic heterocycles. The van der Waals surface area contributed by atoms with E-state index in [0.29, 0.717) is 41.5 Å². The maximum atomic E-state index is 9.66. The van der Waals surface area contributed by atoms with Gasteiger partial charge in [-0.15, -0.1) is 0 Å². The summed E-state index contributed by atoms with van der Waals surface area (Å²) in [7, 11) is 0. The van der Waals surface area contributed by atoms with Gasteiger partial charge in [0.15, 0.2) is 5.84 Å². The topological polar surface area (TPSA) is 89.2 Å². The fraction of sp³-hybridized carbons (Fsp3) is 0.235. The van der Waals surface area contributed by atoms with Crippen molar-refractivity contribution in [2.24, 2.45) is 10.7 Å². The quantitative estimate of drug-likeness (QED) is 0.901. The Kier molecular flexibility index (Phi) is 3.40. The lowest BCUT2D eigenvalue weighted by Crippen LogP contribution is -2.35. The summed E-state index contributed by atoms with van der Waals surface area (Å²) in [6.45, 7) is 3.26. The number of aliphatic imine (C=N–C) groups is 1. The standard InChI is InChI=1S/C17H15N5/c1-2-11-5-3-4-6-12(11)15-13(9-18)16(20)17-21-7-8-22(17)14(15)10-19/h3-6H,2,7-8,20H2,1H3. The van der Waals surface area contributed by atoms with E-state index in [1.165, 1.54) is 0 Å². The zero-order chi connectivity index (χ0) is 15.7. The van der Waals surface area contributed by atoms with Crippen LogP contribution in [0.4, 0.5) is 0 Å². The van der Waals surface area contributed by atoms with Crippen LogP contribution in [0.3, 0.4) is 0 Å². The van der Waals surface area contributed by atoms with Crippen molar-refractivity contribution in [3.8, 4) is 12.1 Å². The van der Waals surface area contributed by atoms with Gasteiger partial charge < -0.3 is 10.6 Å². The van der Waals surface area contributed by atoms with E-state index in [1.807, 2.05) is 29.2 Å². The van der Waals surface area contributed by atoms with Crippen LogP contribution in [0.5, 0.6) is 0 Å². The molecule has 2 heterocycles. The highest BCUT2D eigenvalue weighted by molar-refractivity contribution is 6.09. The largest absolute Gasteiger partial charge is 0.395 e. The number of nitrogens with two attached hydrogens (primary N) is 1. The number of aryl methyl sites for hydroxylation is 1. The predicted octanol–water partition coefficient (Wildman–Crippen LogP) is 1.95. The minimum absolute atomic E-state index is 0.342. The Bertz CT molecular complexity index is 814. The van der Waals surface area contributed by atoms with E-state index in [1.54, 1.807) is 0 Å². The molecule has 0 aromatic heterocycles. The molecule has 0 fully saturated rings. The van der Waals surface area contributed by atoms with Crippen molar-refractivity contribution >= 4 is 11.4 Å². The van der Waals surface area contributed by atoms with Gasteiger partial charge in [0.25, 0.3) is 0 Å². The summed E-state index contributed by atoms with van der Waals surface area (Å²) < 4.78 is 0. The molecule has 5 heteroatoms. The van der Waals surface area contributed by atoms with E-state index in [2.05, 4.69) is 24.1 Å².